The highest BCUT2D eigenvalue weighted by atomic mass is 16.5. The third-order valence-electron chi connectivity index (χ3n) is 7.65. The first-order chi connectivity index (χ1) is 20.5. The topological polar surface area (TPSA) is 98.5 Å². The maximum atomic E-state index is 14.2. The third kappa shape index (κ3) is 5.42. The fraction of sp³-hybridized carbons (Fsp3) is 0.206. The smallest absolute Gasteiger partial charge is 0.294 e. The van der Waals surface area contributed by atoms with Gasteiger partial charge in [0.15, 0.2) is 5.76 Å². The Morgan fingerprint density at radius 3 is 2.40 bits per heavy atom. The minimum absolute atomic E-state index is 0.232. The second kappa shape index (κ2) is 11.8. The number of anilines is 2. The van der Waals surface area contributed by atoms with Crippen LogP contribution in [0.5, 0.6) is 0 Å². The normalized spacial score (nSPS) is 13.1. The summed E-state index contributed by atoms with van der Waals surface area (Å²) in [5.74, 6) is 1.28. The van der Waals surface area contributed by atoms with Gasteiger partial charge in [-0.1, -0.05) is 29.4 Å². The van der Waals surface area contributed by atoms with Gasteiger partial charge in [-0.25, -0.2) is 0 Å². The van der Waals surface area contributed by atoms with Crippen molar-refractivity contribution in [3.8, 4) is 28.5 Å². The summed E-state index contributed by atoms with van der Waals surface area (Å²) in [5.41, 5.74) is 6.93. The van der Waals surface area contributed by atoms with Crippen LogP contribution in [0.1, 0.15) is 33.1 Å². The van der Waals surface area contributed by atoms with E-state index in [0.29, 0.717) is 17.9 Å². The first-order valence-corrected chi connectivity index (χ1v) is 14.0. The Hall–Kier alpha value is -5.13. The van der Waals surface area contributed by atoms with Crippen LogP contribution in [0.3, 0.4) is 0 Å². The van der Waals surface area contributed by atoms with Crippen LogP contribution in [-0.4, -0.2) is 37.2 Å². The highest BCUT2D eigenvalue weighted by molar-refractivity contribution is 6.04. The molecule has 0 spiro atoms. The zero-order valence-corrected chi connectivity index (χ0v) is 23.6. The number of aryl methyl sites for hydroxylation is 2. The second-order valence-electron chi connectivity index (χ2n) is 10.4. The highest BCUT2D eigenvalue weighted by Crippen LogP contribution is 2.33. The molecular weight excluding hydrogens is 526 g/mol. The number of nitrogens with one attached hydrogen (secondary N) is 1. The molecule has 0 saturated carbocycles. The number of carbonyl (C=O) groups excluding carboxylic acids is 1. The summed E-state index contributed by atoms with van der Waals surface area (Å²) >= 11 is 0. The Bertz CT molecular complexity index is 1720. The van der Waals surface area contributed by atoms with Gasteiger partial charge in [0.25, 0.3) is 5.91 Å². The average Bonchev–Trinajstić information content (AvgIpc) is 3.67. The van der Waals surface area contributed by atoms with Crippen LogP contribution in [0.15, 0.2) is 93.9 Å². The number of hydrogen-bond donors (Lipinski definition) is 1. The van der Waals surface area contributed by atoms with Crippen LogP contribution in [0.4, 0.5) is 11.4 Å². The monoisotopic (exact) mass is 557 g/mol. The maximum Gasteiger partial charge on any atom is 0.294 e. The number of nitrogens with zero attached hydrogens (tertiary/aromatic N) is 4. The van der Waals surface area contributed by atoms with Crippen LogP contribution < -0.4 is 15.1 Å². The number of piperazine rings is 1. The van der Waals surface area contributed by atoms with Crippen molar-refractivity contribution >= 4 is 17.3 Å². The molecule has 8 heteroatoms. The molecule has 0 unspecified atom stereocenters. The number of amides is 1. The van der Waals surface area contributed by atoms with Crippen LogP contribution in [0, 0.1) is 25.2 Å². The molecular formula is C34H31N5O3. The highest BCUT2D eigenvalue weighted by Gasteiger charge is 2.25. The molecule has 8 nitrogen and oxygen atoms in total. The van der Waals surface area contributed by atoms with E-state index in [4.69, 9.17) is 14.2 Å². The van der Waals surface area contributed by atoms with E-state index in [0.717, 1.165) is 71.3 Å². The van der Waals surface area contributed by atoms with Crippen molar-refractivity contribution in [1.82, 2.24) is 10.5 Å². The zero-order chi connectivity index (χ0) is 29.1. The van der Waals surface area contributed by atoms with E-state index >= 15 is 0 Å². The molecule has 1 aliphatic heterocycles. The van der Waals surface area contributed by atoms with E-state index in [2.05, 4.69) is 33.6 Å². The molecule has 6 rings (SSSR count). The lowest BCUT2D eigenvalue weighted by Gasteiger charge is -2.30. The van der Waals surface area contributed by atoms with Crippen LogP contribution in [-0.2, 0) is 6.54 Å². The van der Waals surface area contributed by atoms with Crippen molar-refractivity contribution in [3.63, 3.8) is 0 Å². The molecule has 42 heavy (non-hydrogen) atoms. The van der Waals surface area contributed by atoms with Crippen molar-refractivity contribution in [2.24, 2.45) is 0 Å². The van der Waals surface area contributed by atoms with Crippen LogP contribution in [0.25, 0.3) is 22.5 Å². The number of aromatic nitrogens is 1. The Morgan fingerprint density at radius 2 is 1.71 bits per heavy atom. The lowest BCUT2D eigenvalue weighted by atomic mass is 9.97. The molecule has 0 radical (unpaired) electrons. The molecule has 1 saturated heterocycles. The SMILES string of the molecule is Cc1noc(C)c1-c1ccccc1CN(C(=O)c1ccc(-c2ccc(C#N)cc2)o1)c1ccc(N2CCNCC2)cc1. The molecule has 3 heterocycles. The molecule has 0 atom stereocenters. The molecule has 2 aromatic heterocycles. The van der Waals surface area contributed by atoms with Crippen molar-refractivity contribution in [3.05, 3.63) is 113 Å². The van der Waals surface area contributed by atoms with Crippen molar-refractivity contribution in [1.29, 1.82) is 5.26 Å². The summed E-state index contributed by atoms with van der Waals surface area (Å²) < 4.78 is 11.6. The van der Waals surface area contributed by atoms with Crippen molar-refractivity contribution in [2.75, 3.05) is 36.0 Å². The quantitative estimate of drug-likeness (QED) is 0.249. The Kier molecular flexibility index (Phi) is 7.58. The van der Waals surface area contributed by atoms with Crippen molar-refractivity contribution < 1.29 is 13.7 Å². The third-order valence-corrected chi connectivity index (χ3v) is 7.65. The molecule has 1 N–H and O–H groups in total. The van der Waals surface area contributed by atoms with Gasteiger partial charge in [0.05, 0.1) is 23.9 Å². The van der Waals surface area contributed by atoms with E-state index in [9.17, 15) is 4.79 Å². The van der Waals surface area contributed by atoms with E-state index in [-0.39, 0.29) is 11.7 Å². The number of hydrogen-bond acceptors (Lipinski definition) is 7. The van der Waals surface area contributed by atoms with Crippen LogP contribution >= 0.6 is 0 Å². The summed E-state index contributed by atoms with van der Waals surface area (Å²) in [6.07, 6.45) is 0. The Morgan fingerprint density at radius 1 is 0.976 bits per heavy atom. The van der Waals surface area contributed by atoms with E-state index in [1.54, 1.807) is 29.2 Å². The molecule has 0 bridgehead atoms. The molecule has 1 amide bonds. The largest absolute Gasteiger partial charge is 0.451 e. The molecule has 5 aromatic rings. The Balaban J connectivity index is 1.36. The lowest BCUT2D eigenvalue weighted by Crippen LogP contribution is -2.43. The van der Waals surface area contributed by atoms with Gasteiger partial charge in [-0.2, -0.15) is 5.26 Å². The first kappa shape index (κ1) is 27.1. The van der Waals surface area contributed by atoms with E-state index in [1.165, 1.54) is 0 Å². The predicted molar refractivity (Wildman–Crippen MR) is 162 cm³/mol. The summed E-state index contributed by atoms with van der Waals surface area (Å²) in [4.78, 5) is 18.2. The second-order valence-corrected chi connectivity index (χ2v) is 10.4. The molecule has 1 aliphatic rings. The van der Waals surface area contributed by atoms with Gasteiger partial charge in [-0.3, -0.25) is 4.79 Å². The van der Waals surface area contributed by atoms with Gasteiger partial charge >= 0.3 is 0 Å². The van der Waals surface area contributed by atoms with E-state index < -0.39 is 0 Å². The van der Waals surface area contributed by atoms with Crippen LogP contribution in [0.2, 0.25) is 0 Å². The molecule has 3 aromatic carbocycles. The van der Waals surface area contributed by atoms with Gasteiger partial charge in [0.1, 0.15) is 11.5 Å². The standard InChI is InChI=1S/C34H31N5O3/c1-23-33(24(2)42-37-23)30-6-4-3-5-27(30)22-39(29-13-11-28(12-14-29)38-19-17-36-18-20-38)34(40)32-16-15-31(41-32)26-9-7-25(21-35)8-10-26/h3-16,36H,17-20,22H2,1-2H3. The van der Waals surface area contributed by atoms with Gasteiger partial charge in [-0.15, -0.1) is 0 Å². The van der Waals surface area contributed by atoms with Gasteiger partial charge in [0, 0.05) is 48.7 Å². The Labute approximate surface area is 244 Å². The van der Waals surface area contributed by atoms with E-state index in [1.807, 2.05) is 62.4 Å². The summed E-state index contributed by atoms with van der Waals surface area (Å²) in [7, 11) is 0. The average molecular weight is 558 g/mol. The molecule has 0 aliphatic carbocycles. The van der Waals surface area contributed by atoms with Gasteiger partial charge < -0.3 is 24.1 Å². The summed E-state index contributed by atoms with van der Waals surface area (Å²) in [5, 5.41) is 16.7. The van der Waals surface area contributed by atoms with Gasteiger partial charge in [-0.05, 0) is 85.6 Å². The fourth-order valence-electron chi connectivity index (χ4n) is 5.44. The summed E-state index contributed by atoms with van der Waals surface area (Å²) in [6, 6.07) is 28.9. The molecule has 210 valence electrons. The lowest BCUT2D eigenvalue weighted by molar-refractivity contribution is 0.0959. The molecule has 1 fully saturated rings. The number of nitriles is 1. The fourth-order valence-corrected chi connectivity index (χ4v) is 5.44. The van der Waals surface area contributed by atoms with Crippen molar-refractivity contribution in [2.45, 2.75) is 20.4 Å². The predicted octanol–water partition coefficient (Wildman–Crippen LogP) is 6.35. The number of carbonyl (C=O) groups is 1. The zero-order valence-electron chi connectivity index (χ0n) is 23.6. The van der Waals surface area contributed by atoms with Gasteiger partial charge in [0.2, 0.25) is 0 Å². The number of rotatable bonds is 7. The minimum atomic E-state index is -0.251. The maximum absolute atomic E-state index is 14.2. The number of furan rings is 1. The summed E-state index contributed by atoms with van der Waals surface area (Å²) in [6.45, 7) is 7.93. The first-order valence-electron chi connectivity index (χ1n) is 14.0. The number of benzene rings is 3. The minimum Gasteiger partial charge on any atom is -0.451 e.